The standard InChI is InChI=1S/C23H44O/c1-3-5-7-8-9-10-11-12-13-14-15-16-17-18-20-22-23(24)21-19-6-4-2/h12-13H,3-11,14-22H2,1-2H3. The maximum atomic E-state index is 11.6. The largest absolute Gasteiger partial charge is 0.300 e. The highest BCUT2D eigenvalue weighted by Gasteiger charge is 2.01. The first-order valence-corrected chi connectivity index (χ1v) is 11.0. The Hall–Kier alpha value is -0.590. The molecule has 0 radical (unpaired) electrons. The summed E-state index contributed by atoms with van der Waals surface area (Å²) in [5.74, 6) is 0.487. The second-order valence-corrected chi connectivity index (χ2v) is 7.33. The molecule has 0 fully saturated rings. The van der Waals surface area contributed by atoms with Crippen LogP contribution in [0.3, 0.4) is 0 Å². The summed E-state index contributed by atoms with van der Waals surface area (Å²) in [6.45, 7) is 4.46. The van der Waals surface area contributed by atoms with Gasteiger partial charge in [0.05, 0.1) is 0 Å². The van der Waals surface area contributed by atoms with E-state index in [2.05, 4.69) is 26.0 Å². The number of rotatable bonds is 19. The lowest BCUT2D eigenvalue weighted by molar-refractivity contribution is -0.119. The van der Waals surface area contributed by atoms with Crippen LogP contribution < -0.4 is 0 Å². The number of ketones is 1. The fraction of sp³-hybridized carbons (Fsp3) is 0.870. The Morgan fingerprint density at radius 3 is 1.46 bits per heavy atom. The third-order valence-electron chi connectivity index (χ3n) is 4.78. The van der Waals surface area contributed by atoms with Crippen molar-refractivity contribution >= 4 is 5.78 Å². The van der Waals surface area contributed by atoms with E-state index in [1.54, 1.807) is 0 Å². The van der Waals surface area contributed by atoms with Crippen LogP contribution in [0.1, 0.15) is 129 Å². The minimum atomic E-state index is 0.487. The molecule has 0 saturated carbocycles. The molecule has 0 aliphatic heterocycles. The zero-order chi connectivity index (χ0) is 17.7. The fourth-order valence-electron chi connectivity index (χ4n) is 3.09. The van der Waals surface area contributed by atoms with Gasteiger partial charge < -0.3 is 0 Å². The van der Waals surface area contributed by atoms with Gasteiger partial charge in [0.1, 0.15) is 5.78 Å². The third-order valence-corrected chi connectivity index (χ3v) is 4.78. The Kier molecular flexibility index (Phi) is 20.0. The highest BCUT2D eigenvalue weighted by atomic mass is 16.1. The van der Waals surface area contributed by atoms with Gasteiger partial charge in [0.2, 0.25) is 0 Å². The molecule has 24 heavy (non-hydrogen) atoms. The van der Waals surface area contributed by atoms with E-state index in [0.29, 0.717) is 5.78 Å². The quantitative estimate of drug-likeness (QED) is 0.172. The van der Waals surface area contributed by atoms with E-state index in [-0.39, 0.29) is 0 Å². The van der Waals surface area contributed by atoms with Crippen molar-refractivity contribution in [2.75, 3.05) is 0 Å². The van der Waals surface area contributed by atoms with Crippen molar-refractivity contribution in [1.82, 2.24) is 0 Å². The van der Waals surface area contributed by atoms with Crippen LogP contribution in [-0.2, 0) is 4.79 Å². The highest BCUT2D eigenvalue weighted by Crippen LogP contribution is 2.11. The van der Waals surface area contributed by atoms with Gasteiger partial charge in [-0.2, -0.15) is 0 Å². The molecule has 0 heterocycles. The molecule has 0 rings (SSSR count). The molecule has 0 atom stereocenters. The number of carbonyl (C=O) groups excluding carboxylic acids is 1. The van der Waals surface area contributed by atoms with Crippen LogP contribution in [0.15, 0.2) is 12.2 Å². The van der Waals surface area contributed by atoms with Crippen LogP contribution in [0.5, 0.6) is 0 Å². The van der Waals surface area contributed by atoms with Crippen LogP contribution >= 0.6 is 0 Å². The molecule has 1 heteroatoms. The molecule has 0 unspecified atom stereocenters. The summed E-state index contributed by atoms with van der Waals surface area (Å²) in [4.78, 5) is 11.6. The Morgan fingerprint density at radius 1 is 0.542 bits per heavy atom. The molecular weight excluding hydrogens is 292 g/mol. The van der Waals surface area contributed by atoms with E-state index in [4.69, 9.17) is 0 Å². The minimum Gasteiger partial charge on any atom is -0.300 e. The molecule has 0 N–H and O–H groups in total. The molecule has 0 aromatic rings. The number of carbonyl (C=O) groups is 1. The van der Waals surface area contributed by atoms with Gasteiger partial charge in [-0.3, -0.25) is 4.79 Å². The fourth-order valence-corrected chi connectivity index (χ4v) is 3.09. The summed E-state index contributed by atoms with van der Waals surface area (Å²) in [7, 11) is 0. The first kappa shape index (κ1) is 23.4. The molecule has 0 aromatic heterocycles. The molecule has 0 saturated heterocycles. The Balaban J connectivity index is 3.16. The lowest BCUT2D eigenvalue weighted by Crippen LogP contribution is -1.97. The lowest BCUT2D eigenvalue weighted by atomic mass is 10.0. The van der Waals surface area contributed by atoms with Gasteiger partial charge in [-0.05, 0) is 38.5 Å². The van der Waals surface area contributed by atoms with Gasteiger partial charge in [0.25, 0.3) is 0 Å². The average Bonchev–Trinajstić information content (AvgIpc) is 2.58. The average molecular weight is 337 g/mol. The molecule has 0 amide bonds. The first-order chi connectivity index (χ1) is 11.8. The normalized spacial score (nSPS) is 11.4. The van der Waals surface area contributed by atoms with Crippen molar-refractivity contribution in [3.05, 3.63) is 12.2 Å². The van der Waals surface area contributed by atoms with Crippen molar-refractivity contribution in [2.45, 2.75) is 129 Å². The van der Waals surface area contributed by atoms with Gasteiger partial charge in [0, 0.05) is 12.8 Å². The van der Waals surface area contributed by atoms with E-state index in [9.17, 15) is 4.79 Å². The number of allylic oxidation sites excluding steroid dienone is 2. The summed E-state index contributed by atoms with van der Waals surface area (Å²) in [6, 6.07) is 0. The Bertz CT molecular complexity index is 280. The van der Waals surface area contributed by atoms with Crippen LogP contribution in [0.2, 0.25) is 0 Å². The second-order valence-electron chi connectivity index (χ2n) is 7.33. The number of unbranched alkanes of at least 4 members (excludes halogenated alkanes) is 13. The number of hydrogen-bond acceptors (Lipinski definition) is 1. The van der Waals surface area contributed by atoms with E-state index in [1.807, 2.05) is 0 Å². The molecule has 0 aliphatic rings. The molecule has 0 aliphatic carbocycles. The monoisotopic (exact) mass is 336 g/mol. The molecule has 0 aromatic carbocycles. The number of hydrogen-bond donors (Lipinski definition) is 0. The highest BCUT2D eigenvalue weighted by molar-refractivity contribution is 5.78. The van der Waals surface area contributed by atoms with Crippen molar-refractivity contribution < 1.29 is 4.79 Å². The van der Waals surface area contributed by atoms with E-state index >= 15 is 0 Å². The van der Waals surface area contributed by atoms with Gasteiger partial charge >= 0.3 is 0 Å². The van der Waals surface area contributed by atoms with E-state index in [0.717, 1.165) is 25.7 Å². The maximum absolute atomic E-state index is 11.6. The zero-order valence-corrected chi connectivity index (χ0v) is 16.8. The first-order valence-electron chi connectivity index (χ1n) is 11.0. The predicted molar refractivity (Wildman–Crippen MR) is 109 cm³/mol. The molecule has 0 spiro atoms. The van der Waals surface area contributed by atoms with E-state index < -0.39 is 0 Å². The molecule has 1 nitrogen and oxygen atoms in total. The molecule has 142 valence electrons. The van der Waals surface area contributed by atoms with Gasteiger partial charge in [-0.1, -0.05) is 90.2 Å². The SMILES string of the molecule is CCCCCCCCC=CCCCCCCCC(=O)CCCCC. The lowest BCUT2D eigenvalue weighted by Gasteiger charge is -2.01. The van der Waals surface area contributed by atoms with Crippen molar-refractivity contribution in [1.29, 1.82) is 0 Å². The summed E-state index contributed by atoms with van der Waals surface area (Å²) in [6.07, 6.45) is 27.1. The summed E-state index contributed by atoms with van der Waals surface area (Å²) < 4.78 is 0. The summed E-state index contributed by atoms with van der Waals surface area (Å²) in [5, 5.41) is 0. The van der Waals surface area contributed by atoms with Gasteiger partial charge in [0.15, 0.2) is 0 Å². The maximum Gasteiger partial charge on any atom is 0.132 e. The topological polar surface area (TPSA) is 17.1 Å². The second kappa shape index (κ2) is 20.5. The Labute approximate surface area is 152 Å². The van der Waals surface area contributed by atoms with E-state index in [1.165, 1.54) is 89.9 Å². The van der Waals surface area contributed by atoms with Gasteiger partial charge in [-0.25, -0.2) is 0 Å². The van der Waals surface area contributed by atoms with Crippen LogP contribution in [0.4, 0.5) is 0 Å². The summed E-state index contributed by atoms with van der Waals surface area (Å²) in [5.41, 5.74) is 0. The third kappa shape index (κ3) is 19.5. The smallest absolute Gasteiger partial charge is 0.132 e. The zero-order valence-electron chi connectivity index (χ0n) is 16.8. The van der Waals surface area contributed by atoms with Crippen molar-refractivity contribution in [3.8, 4) is 0 Å². The molecule has 0 bridgehead atoms. The molecular formula is C23H44O. The van der Waals surface area contributed by atoms with Crippen LogP contribution in [0.25, 0.3) is 0 Å². The Morgan fingerprint density at radius 2 is 0.917 bits per heavy atom. The van der Waals surface area contributed by atoms with Crippen LogP contribution in [0, 0.1) is 0 Å². The minimum absolute atomic E-state index is 0.487. The summed E-state index contributed by atoms with van der Waals surface area (Å²) >= 11 is 0. The van der Waals surface area contributed by atoms with Gasteiger partial charge in [-0.15, -0.1) is 0 Å². The van der Waals surface area contributed by atoms with Crippen molar-refractivity contribution in [2.24, 2.45) is 0 Å². The number of Topliss-reactive ketones (excluding diaryl/α,β-unsaturated/α-hetero) is 1. The van der Waals surface area contributed by atoms with Crippen molar-refractivity contribution in [3.63, 3.8) is 0 Å². The van der Waals surface area contributed by atoms with Crippen LogP contribution in [-0.4, -0.2) is 5.78 Å². The predicted octanol–water partition coefficient (Wildman–Crippen LogP) is 8.17.